The van der Waals surface area contributed by atoms with Crippen LogP contribution in [0.3, 0.4) is 0 Å². The summed E-state index contributed by atoms with van der Waals surface area (Å²) in [6, 6.07) is -7.22. The predicted molar refractivity (Wildman–Crippen MR) is 214 cm³/mol. The molecule has 17 heteroatoms. The van der Waals surface area contributed by atoms with Crippen molar-refractivity contribution >= 4 is 35.5 Å². The molecule has 0 radical (unpaired) electrons. The van der Waals surface area contributed by atoms with Crippen LogP contribution in [0.25, 0.3) is 0 Å². The number of carbonyl (C=O) groups excluding carboxylic acids is 5. The van der Waals surface area contributed by atoms with Crippen molar-refractivity contribution in [3.63, 3.8) is 0 Å². The normalized spacial score (nSPS) is 15.0. The number of aliphatic hydroxyl groups is 3. The summed E-state index contributed by atoms with van der Waals surface area (Å²) in [5, 5.41) is 49.8. The molecule has 0 aliphatic carbocycles. The highest BCUT2D eigenvalue weighted by molar-refractivity contribution is 5.96. The molecule has 7 atom stereocenters. The molecule has 0 heterocycles. The van der Waals surface area contributed by atoms with Gasteiger partial charge in [0, 0.05) is 13.5 Å². The number of hydrogen-bond acceptors (Lipinski definition) is 11. The highest BCUT2D eigenvalue weighted by atomic mass is 16.4. The Kier molecular flexibility index (Phi) is 29.8. The van der Waals surface area contributed by atoms with Gasteiger partial charge in [0.2, 0.25) is 29.5 Å². The van der Waals surface area contributed by atoms with Gasteiger partial charge in [0.05, 0.1) is 18.8 Å². The SMILES string of the molecule is CCCCCCCCCCCCCCCC(=O)N[C@@H](CCCCN)C(=O)N[C@H](C(=O)N[C@H](C(=O)N[C@@H](CCCN)C(=O)N(C)[C@@H](CO)C(=O)O)[C@@H](C)O)[C@@H](C)O. The van der Waals surface area contributed by atoms with Crippen LogP contribution in [0.15, 0.2) is 0 Å². The molecular weight excluding hydrogens is 726 g/mol. The molecule has 56 heavy (non-hydrogen) atoms. The minimum absolute atomic E-state index is 0.0212. The first-order valence-electron chi connectivity index (χ1n) is 20.7. The summed E-state index contributed by atoms with van der Waals surface area (Å²) in [6.45, 7) is 4.29. The molecule has 0 spiro atoms. The number of rotatable bonds is 34. The molecule has 326 valence electrons. The molecule has 0 aliphatic heterocycles. The van der Waals surface area contributed by atoms with Gasteiger partial charge in [0.1, 0.15) is 24.2 Å². The van der Waals surface area contributed by atoms with Crippen LogP contribution in [0.1, 0.15) is 143 Å². The van der Waals surface area contributed by atoms with E-state index < -0.39 is 78.6 Å². The van der Waals surface area contributed by atoms with E-state index in [4.69, 9.17) is 11.5 Å². The maximum atomic E-state index is 13.5. The molecule has 0 saturated heterocycles. The fourth-order valence-corrected chi connectivity index (χ4v) is 6.25. The number of carbonyl (C=O) groups is 6. The van der Waals surface area contributed by atoms with Crippen LogP contribution in [-0.4, -0.2) is 130 Å². The number of nitrogens with two attached hydrogens (primary N) is 2. The second-order valence-electron chi connectivity index (χ2n) is 14.8. The van der Waals surface area contributed by atoms with Crippen LogP contribution >= 0.6 is 0 Å². The first-order chi connectivity index (χ1) is 26.7. The molecular formula is C39H75N7O10. The molecule has 0 aliphatic rings. The molecule has 0 bridgehead atoms. The predicted octanol–water partition coefficient (Wildman–Crippen LogP) is 0.940. The van der Waals surface area contributed by atoms with Gasteiger partial charge in [-0.1, -0.05) is 84.0 Å². The van der Waals surface area contributed by atoms with Gasteiger partial charge in [-0.25, -0.2) is 4.79 Å². The van der Waals surface area contributed by atoms with E-state index >= 15 is 0 Å². The molecule has 0 aromatic rings. The number of amides is 5. The van der Waals surface area contributed by atoms with Crippen molar-refractivity contribution in [1.82, 2.24) is 26.2 Å². The standard InChI is InChI=1S/C39H75N7O10/c1-5-6-7-8-9-10-11-12-13-14-15-16-17-23-32(50)42-29(21-18-19-24-40)35(51)44-34(28(3)49)37(53)45-33(27(2)48)36(52)43-30(22-20-25-41)38(54)46(4)31(26-47)39(55)56/h27-31,33-34,47-49H,5-26,40-41H2,1-4H3,(H,42,50)(H,43,52)(H,44,51)(H,45,53)(H,55,56)/t27-,28-,29+,30+,31+,33+,34+/m1/s1. The number of carboxylic acid groups (broad SMARTS) is 1. The van der Waals surface area contributed by atoms with Crippen LogP contribution in [0.4, 0.5) is 0 Å². The van der Waals surface area contributed by atoms with E-state index in [-0.39, 0.29) is 38.1 Å². The van der Waals surface area contributed by atoms with Crippen LogP contribution in [0, 0.1) is 0 Å². The zero-order chi connectivity index (χ0) is 42.5. The molecule has 17 nitrogen and oxygen atoms in total. The molecule has 0 aromatic heterocycles. The Labute approximate surface area is 333 Å². The van der Waals surface area contributed by atoms with Gasteiger partial charge in [0.15, 0.2) is 6.04 Å². The van der Waals surface area contributed by atoms with Crippen molar-refractivity contribution in [3.8, 4) is 0 Å². The van der Waals surface area contributed by atoms with E-state index in [1.54, 1.807) is 0 Å². The van der Waals surface area contributed by atoms with Crippen molar-refractivity contribution in [2.24, 2.45) is 11.5 Å². The lowest BCUT2D eigenvalue weighted by atomic mass is 10.0. The largest absolute Gasteiger partial charge is 0.480 e. The third-order valence-corrected chi connectivity index (χ3v) is 9.82. The number of aliphatic hydroxyl groups excluding tert-OH is 3. The minimum Gasteiger partial charge on any atom is -0.480 e. The molecule has 0 rings (SSSR count). The number of nitrogens with one attached hydrogen (secondary N) is 4. The van der Waals surface area contributed by atoms with Crippen molar-refractivity contribution in [1.29, 1.82) is 0 Å². The van der Waals surface area contributed by atoms with Crippen LogP contribution < -0.4 is 32.7 Å². The fraction of sp³-hybridized carbons (Fsp3) is 0.846. The highest BCUT2D eigenvalue weighted by Crippen LogP contribution is 2.14. The Morgan fingerprint density at radius 1 is 0.589 bits per heavy atom. The van der Waals surface area contributed by atoms with Gasteiger partial charge in [-0.3, -0.25) is 24.0 Å². The second-order valence-corrected chi connectivity index (χ2v) is 14.8. The first-order valence-corrected chi connectivity index (χ1v) is 20.7. The van der Waals surface area contributed by atoms with Crippen molar-refractivity contribution in [3.05, 3.63) is 0 Å². The third-order valence-electron chi connectivity index (χ3n) is 9.82. The van der Waals surface area contributed by atoms with Crippen LogP contribution in [-0.2, 0) is 28.8 Å². The Hall–Kier alpha value is -3.38. The average Bonchev–Trinajstić information content (AvgIpc) is 3.15. The third kappa shape index (κ3) is 22.4. The van der Waals surface area contributed by atoms with Crippen molar-refractivity contribution in [2.75, 3.05) is 26.7 Å². The van der Waals surface area contributed by atoms with Gasteiger partial charge < -0.3 is 58.1 Å². The summed E-state index contributed by atoms with van der Waals surface area (Å²) in [5.41, 5.74) is 11.2. The monoisotopic (exact) mass is 802 g/mol. The Morgan fingerprint density at radius 2 is 1.04 bits per heavy atom. The smallest absolute Gasteiger partial charge is 0.328 e. The number of likely N-dealkylation sites (N-methyl/N-ethyl adjacent to an activating group) is 1. The lowest BCUT2D eigenvalue weighted by molar-refractivity contribution is -0.152. The number of nitrogens with zero attached hydrogens (tertiary/aromatic N) is 1. The van der Waals surface area contributed by atoms with Gasteiger partial charge in [-0.2, -0.15) is 0 Å². The summed E-state index contributed by atoms with van der Waals surface area (Å²) in [5.74, 6) is -5.40. The quantitative estimate of drug-likeness (QED) is 0.0407. The molecule has 0 aromatic carbocycles. The molecule has 0 unspecified atom stereocenters. The van der Waals surface area contributed by atoms with E-state index in [1.165, 1.54) is 71.6 Å². The lowest BCUT2D eigenvalue weighted by Gasteiger charge is -2.31. The van der Waals surface area contributed by atoms with Gasteiger partial charge in [-0.05, 0) is 65.5 Å². The number of hydrogen-bond donors (Lipinski definition) is 10. The Bertz CT molecular complexity index is 1140. The number of carboxylic acids is 1. The van der Waals surface area contributed by atoms with Crippen molar-refractivity contribution in [2.45, 2.75) is 185 Å². The number of aliphatic carboxylic acids is 1. The van der Waals surface area contributed by atoms with E-state index in [0.29, 0.717) is 25.8 Å². The summed E-state index contributed by atoms with van der Waals surface area (Å²) < 4.78 is 0. The zero-order valence-corrected chi connectivity index (χ0v) is 34.4. The van der Waals surface area contributed by atoms with E-state index in [0.717, 1.165) is 31.2 Å². The maximum absolute atomic E-state index is 13.5. The van der Waals surface area contributed by atoms with Crippen LogP contribution in [0.2, 0.25) is 0 Å². The molecule has 5 amide bonds. The maximum Gasteiger partial charge on any atom is 0.328 e. The lowest BCUT2D eigenvalue weighted by Crippen LogP contribution is -2.63. The molecule has 0 saturated carbocycles. The topological polar surface area (TPSA) is 287 Å². The number of unbranched alkanes of at least 4 members (excludes halogenated alkanes) is 13. The van der Waals surface area contributed by atoms with Crippen LogP contribution in [0.5, 0.6) is 0 Å². The summed E-state index contributed by atoms with van der Waals surface area (Å²) >= 11 is 0. The van der Waals surface area contributed by atoms with Crippen molar-refractivity contribution < 1.29 is 49.2 Å². The van der Waals surface area contributed by atoms with E-state index in [1.807, 2.05) is 0 Å². The second kappa shape index (κ2) is 31.7. The molecule has 0 fully saturated rings. The first kappa shape index (κ1) is 52.6. The summed E-state index contributed by atoms with van der Waals surface area (Å²) in [6.07, 6.45) is 14.0. The average molecular weight is 802 g/mol. The van der Waals surface area contributed by atoms with Gasteiger partial charge in [-0.15, -0.1) is 0 Å². The zero-order valence-electron chi connectivity index (χ0n) is 34.4. The van der Waals surface area contributed by atoms with E-state index in [2.05, 4.69) is 28.2 Å². The summed E-state index contributed by atoms with van der Waals surface area (Å²) in [4.78, 5) is 78.6. The Morgan fingerprint density at radius 3 is 1.48 bits per heavy atom. The Balaban J connectivity index is 5.41. The minimum atomic E-state index is -1.67. The van der Waals surface area contributed by atoms with E-state index in [9.17, 15) is 49.2 Å². The fourth-order valence-electron chi connectivity index (χ4n) is 6.25. The summed E-state index contributed by atoms with van der Waals surface area (Å²) in [7, 11) is 1.15. The van der Waals surface area contributed by atoms with Gasteiger partial charge >= 0.3 is 5.97 Å². The van der Waals surface area contributed by atoms with Gasteiger partial charge in [0.25, 0.3) is 0 Å². The highest BCUT2D eigenvalue weighted by Gasteiger charge is 2.36. The molecule has 12 N–H and O–H groups in total.